The van der Waals surface area contributed by atoms with Crippen molar-refractivity contribution in [3.8, 4) is 11.4 Å². The van der Waals surface area contributed by atoms with E-state index in [0.717, 1.165) is 5.56 Å². The molecule has 0 saturated heterocycles. The second-order valence-electron chi connectivity index (χ2n) is 3.16. The van der Waals surface area contributed by atoms with E-state index in [4.69, 9.17) is 16.0 Å². The summed E-state index contributed by atoms with van der Waals surface area (Å²) in [5.74, 6) is 0.341. The summed E-state index contributed by atoms with van der Waals surface area (Å²) in [6, 6.07) is 6.61. The van der Waals surface area contributed by atoms with Crippen molar-refractivity contribution in [2.24, 2.45) is 11.5 Å². The maximum absolute atomic E-state index is 10.9. The van der Waals surface area contributed by atoms with Gasteiger partial charge in [-0.2, -0.15) is 4.98 Å². The van der Waals surface area contributed by atoms with Gasteiger partial charge in [0, 0.05) is 11.1 Å². The lowest BCUT2D eigenvalue weighted by atomic mass is 10.1. The lowest BCUT2D eigenvalue weighted by Crippen LogP contribution is -2.10. The van der Waals surface area contributed by atoms with Gasteiger partial charge in [0.2, 0.25) is 17.6 Å². The fourth-order valence-corrected chi connectivity index (χ4v) is 1.24. The molecule has 0 radical (unpaired) electrons. The number of nitrogens with zero attached hydrogens (tertiary/aromatic N) is 2. The number of carbonyl (C=O) groups is 1. The quantitative estimate of drug-likeness (QED) is 0.839. The van der Waals surface area contributed by atoms with Crippen LogP contribution in [0.15, 0.2) is 28.8 Å². The number of benzene rings is 1. The van der Waals surface area contributed by atoms with Crippen molar-refractivity contribution >= 4 is 18.3 Å². The zero-order valence-electron chi connectivity index (χ0n) is 8.79. The second kappa shape index (κ2) is 5.42. The number of hydrogen-bond donors (Lipinski definition) is 2. The Bertz CT molecular complexity index is 509. The molecule has 6 nitrogen and oxygen atoms in total. The standard InChI is InChI=1S/C10H10N4O2.ClH/c11-5-8-13-10(14-16-8)7-3-1-6(2-4-7)9(12)15;/h1-4H,5,11H2,(H2,12,15);1H. The highest BCUT2D eigenvalue weighted by molar-refractivity contribution is 5.93. The maximum atomic E-state index is 10.9. The van der Waals surface area contributed by atoms with E-state index >= 15 is 0 Å². The van der Waals surface area contributed by atoms with E-state index in [9.17, 15) is 4.79 Å². The SMILES string of the molecule is Cl.NCc1nc(-c2ccc(C(N)=O)cc2)no1. The summed E-state index contributed by atoms with van der Waals surface area (Å²) in [6.07, 6.45) is 0. The van der Waals surface area contributed by atoms with Gasteiger partial charge < -0.3 is 16.0 Å². The first-order valence-corrected chi connectivity index (χ1v) is 4.63. The van der Waals surface area contributed by atoms with Crippen molar-refractivity contribution in [3.05, 3.63) is 35.7 Å². The van der Waals surface area contributed by atoms with Gasteiger partial charge in [0.15, 0.2) is 0 Å². The first-order chi connectivity index (χ1) is 7.70. The third kappa shape index (κ3) is 2.80. The van der Waals surface area contributed by atoms with E-state index < -0.39 is 5.91 Å². The molecule has 2 aromatic rings. The Kier molecular flexibility index (Phi) is 4.19. The van der Waals surface area contributed by atoms with Crippen LogP contribution < -0.4 is 11.5 Å². The predicted octanol–water partition coefficient (Wildman–Crippen LogP) is 0.716. The predicted molar refractivity (Wildman–Crippen MR) is 63.4 cm³/mol. The molecule has 4 N–H and O–H groups in total. The third-order valence-corrected chi connectivity index (χ3v) is 2.07. The van der Waals surface area contributed by atoms with Crippen LogP contribution in [0.2, 0.25) is 0 Å². The topological polar surface area (TPSA) is 108 Å². The van der Waals surface area contributed by atoms with Gasteiger partial charge in [0.25, 0.3) is 0 Å². The average molecular weight is 255 g/mol. The van der Waals surface area contributed by atoms with Gasteiger partial charge in [-0.15, -0.1) is 12.4 Å². The van der Waals surface area contributed by atoms with Crippen molar-refractivity contribution in [1.82, 2.24) is 10.1 Å². The van der Waals surface area contributed by atoms with Gasteiger partial charge >= 0.3 is 0 Å². The molecule has 0 spiro atoms. The largest absolute Gasteiger partial charge is 0.366 e. The monoisotopic (exact) mass is 254 g/mol. The molecule has 17 heavy (non-hydrogen) atoms. The summed E-state index contributed by atoms with van der Waals surface area (Å²) >= 11 is 0. The Balaban J connectivity index is 0.00000144. The molecule has 0 saturated carbocycles. The number of amides is 1. The van der Waals surface area contributed by atoms with Gasteiger partial charge in [-0.3, -0.25) is 4.79 Å². The first-order valence-electron chi connectivity index (χ1n) is 4.63. The minimum atomic E-state index is -0.470. The lowest BCUT2D eigenvalue weighted by Gasteiger charge is -1.96. The zero-order valence-corrected chi connectivity index (χ0v) is 9.61. The number of rotatable bonds is 3. The lowest BCUT2D eigenvalue weighted by molar-refractivity contribution is 0.100. The van der Waals surface area contributed by atoms with Crippen LogP contribution in [0.1, 0.15) is 16.2 Å². The van der Waals surface area contributed by atoms with Crippen LogP contribution in [-0.4, -0.2) is 16.0 Å². The van der Waals surface area contributed by atoms with E-state index in [1.165, 1.54) is 0 Å². The van der Waals surface area contributed by atoms with Gasteiger partial charge in [-0.25, -0.2) is 0 Å². The molecular weight excluding hydrogens is 244 g/mol. The molecule has 0 aliphatic heterocycles. The smallest absolute Gasteiger partial charge is 0.248 e. The molecular formula is C10H11ClN4O2. The van der Waals surface area contributed by atoms with Crippen LogP contribution in [0, 0.1) is 0 Å². The fraction of sp³-hybridized carbons (Fsp3) is 0.100. The highest BCUT2D eigenvalue weighted by Gasteiger charge is 2.07. The van der Waals surface area contributed by atoms with Gasteiger partial charge in [-0.05, 0) is 12.1 Å². The number of primary amides is 1. The first kappa shape index (κ1) is 13.1. The molecule has 1 aromatic carbocycles. The van der Waals surface area contributed by atoms with E-state index in [2.05, 4.69) is 10.1 Å². The van der Waals surface area contributed by atoms with Gasteiger partial charge in [0.1, 0.15) is 0 Å². The molecule has 7 heteroatoms. The fourth-order valence-electron chi connectivity index (χ4n) is 1.24. The molecule has 2 rings (SSSR count). The summed E-state index contributed by atoms with van der Waals surface area (Å²) in [5, 5.41) is 3.75. The molecule has 0 unspecified atom stereocenters. The number of carbonyl (C=O) groups excluding carboxylic acids is 1. The van der Waals surface area contributed by atoms with Crippen LogP contribution in [-0.2, 0) is 6.54 Å². The Morgan fingerprint density at radius 2 is 1.94 bits per heavy atom. The number of aromatic nitrogens is 2. The van der Waals surface area contributed by atoms with Crippen molar-refractivity contribution in [3.63, 3.8) is 0 Å². The highest BCUT2D eigenvalue weighted by Crippen LogP contribution is 2.16. The molecule has 1 amide bonds. The van der Waals surface area contributed by atoms with Gasteiger partial charge in [0.05, 0.1) is 6.54 Å². The number of halogens is 1. The van der Waals surface area contributed by atoms with Crippen molar-refractivity contribution in [2.45, 2.75) is 6.54 Å². The van der Waals surface area contributed by atoms with Crippen LogP contribution in [0.25, 0.3) is 11.4 Å². The Morgan fingerprint density at radius 1 is 1.29 bits per heavy atom. The summed E-state index contributed by atoms with van der Waals surface area (Å²) < 4.78 is 4.87. The third-order valence-electron chi connectivity index (χ3n) is 2.07. The Labute approximate surface area is 103 Å². The molecule has 0 aliphatic carbocycles. The highest BCUT2D eigenvalue weighted by atomic mass is 35.5. The van der Waals surface area contributed by atoms with Crippen LogP contribution in [0.4, 0.5) is 0 Å². The van der Waals surface area contributed by atoms with Crippen LogP contribution >= 0.6 is 12.4 Å². The Hall–Kier alpha value is -1.92. The van der Waals surface area contributed by atoms with E-state index in [1.807, 2.05) is 0 Å². The summed E-state index contributed by atoms with van der Waals surface area (Å²) in [7, 11) is 0. The summed E-state index contributed by atoms with van der Waals surface area (Å²) in [5.41, 5.74) is 11.7. The van der Waals surface area contributed by atoms with E-state index in [-0.39, 0.29) is 19.0 Å². The Morgan fingerprint density at radius 3 is 2.41 bits per heavy atom. The molecule has 1 heterocycles. The average Bonchev–Trinajstić information content (AvgIpc) is 2.77. The normalized spacial score (nSPS) is 9.71. The van der Waals surface area contributed by atoms with Crippen LogP contribution in [0.3, 0.4) is 0 Å². The number of hydrogen-bond acceptors (Lipinski definition) is 5. The van der Waals surface area contributed by atoms with Crippen molar-refractivity contribution in [2.75, 3.05) is 0 Å². The molecule has 0 aliphatic rings. The van der Waals surface area contributed by atoms with E-state index in [0.29, 0.717) is 17.3 Å². The van der Waals surface area contributed by atoms with E-state index in [1.54, 1.807) is 24.3 Å². The summed E-state index contributed by atoms with van der Waals surface area (Å²) in [4.78, 5) is 14.9. The zero-order chi connectivity index (χ0) is 11.5. The van der Waals surface area contributed by atoms with Crippen molar-refractivity contribution in [1.29, 1.82) is 0 Å². The molecule has 1 aromatic heterocycles. The number of nitrogens with two attached hydrogens (primary N) is 2. The molecule has 90 valence electrons. The minimum absolute atomic E-state index is 0. The van der Waals surface area contributed by atoms with Gasteiger partial charge in [-0.1, -0.05) is 17.3 Å². The molecule has 0 bridgehead atoms. The molecule has 0 atom stereocenters. The van der Waals surface area contributed by atoms with Crippen molar-refractivity contribution < 1.29 is 9.32 Å². The maximum Gasteiger partial charge on any atom is 0.248 e. The molecule has 0 fully saturated rings. The van der Waals surface area contributed by atoms with Crippen LogP contribution in [0.5, 0.6) is 0 Å². The second-order valence-corrected chi connectivity index (χ2v) is 3.16. The summed E-state index contributed by atoms with van der Waals surface area (Å²) in [6.45, 7) is 0.201. The minimum Gasteiger partial charge on any atom is -0.366 e.